The van der Waals surface area contributed by atoms with Crippen molar-refractivity contribution in [1.29, 1.82) is 0 Å². The van der Waals surface area contributed by atoms with Gasteiger partial charge in [-0.2, -0.15) is 0 Å². The summed E-state index contributed by atoms with van der Waals surface area (Å²) in [5.41, 5.74) is 2.16. The molecule has 0 aliphatic carbocycles. The van der Waals surface area contributed by atoms with Crippen molar-refractivity contribution in [2.75, 3.05) is 0 Å². The molecule has 1 heterocycles. The van der Waals surface area contributed by atoms with E-state index in [4.69, 9.17) is 0 Å². The molecule has 96 valence electrons. The smallest absolute Gasteiger partial charge is 0.295 e. The van der Waals surface area contributed by atoms with E-state index >= 15 is 0 Å². The van der Waals surface area contributed by atoms with Crippen molar-refractivity contribution >= 4 is 32.7 Å². The van der Waals surface area contributed by atoms with Crippen LogP contribution in [0.1, 0.15) is 30.1 Å². The fourth-order valence-electron chi connectivity index (χ4n) is 2.10. The van der Waals surface area contributed by atoms with E-state index in [-0.39, 0.29) is 11.5 Å². The first kappa shape index (κ1) is 13.1. The monoisotopic (exact) mass is 310 g/mol. The number of imidazole rings is 1. The van der Waals surface area contributed by atoms with Crippen molar-refractivity contribution < 1.29 is 4.79 Å². The average Bonchev–Trinajstić information content (AvgIpc) is 2.54. The molecule has 0 N–H and O–H groups in total. The topological polar surface area (TPSA) is 44.0 Å². The van der Waals surface area contributed by atoms with Crippen LogP contribution in [0.3, 0.4) is 0 Å². The molecule has 2 rings (SSSR count). The van der Waals surface area contributed by atoms with Crippen LogP contribution < -0.4 is 5.69 Å². The van der Waals surface area contributed by atoms with Crippen LogP contribution in [-0.4, -0.2) is 14.9 Å². The summed E-state index contributed by atoms with van der Waals surface area (Å²) in [4.78, 5) is 23.8. The molecule has 0 atom stereocenters. The van der Waals surface area contributed by atoms with E-state index in [2.05, 4.69) is 15.9 Å². The lowest BCUT2D eigenvalue weighted by molar-refractivity contribution is 0.0981. The fourth-order valence-corrected chi connectivity index (χ4v) is 2.65. The molecule has 0 aliphatic heterocycles. The Morgan fingerprint density at radius 3 is 2.33 bits per heavy atom. The number of carbonyl (C=O) groups is 1. The first-order valence-electron chi connectivity index (χ1n) is 5.85. The Hall–Kier alpha value is -1.36. The summed E-state index contributed by atoms with van der Waals surface area (Å²) in [6.45, 7) is 1.97. The molecule has 4 nitrogen and oxygen atoms in total. The summed E-state index contributed by atoms with van der Waals surface area (Å²) in [5.74, 6) is 0.0996. The number of rotatable bonds is 3. The maximum Gasteiger partial charge on any atom is 0.328 e. The Morgan fingerprint density at radius 2 is 1.78 bits per heavy atom. The molecule has 0 amide bonds. The van der Waals surface area contributed by atoms with Gasteiger partial charge >= 0.3 is 5.69 Å². The van der Waals surface area contributed by atoms with Crippen LogP contribution in [0.15, 0.2) is 21.4 Å². The van der Waals surface area contributed by atoms with Gasteiger partial charge in [0.2, 0.25) is 0 Å². The van der Waals surface area contributed by atoms with Crippen molar-refractivity contribution in [3.63, 3.8) is 0 Å². The van der Waals surface area contributed by atoms with Crippen LogP contribution >= 0.6 is 15.9 Å². The van der Waals surface area contributed by atoms with Crippen molar-refractivity contribution in [2.24, 2.45) is 14.1 Å². The average molecular weight is 311 g/mol. The Morgan fingerprint density at radius 1 is 1.22 bits per heavy atom. The van der Waals surface area contributed by atoms with Gasteiger partial charge in [0.25, 0.3) is 0 Å². The van der Waals surface area contributed by atoms with E-state index < -0.39 is 0 Å². The van der Waals surface area contributed by atoms with Crippen molar-refractivity contribution in [3.8, 4) is 0 Å². The molecule has 0 spiro atoms. The normalized spacial score (nSPS) is 11.1. The van der Waals surface area contributed by atoms with E-state index in [0.29, 0.717) is 12.0 Å². The molecular formula is C13H15BrN2O2. The quantitative estimate of drug-likeness (QED) is 0.818. The molecule has 0 saturated heterocycles. The Kier molecular flexibility index (Phi) is 3.43. The zero-order chi connectivity index (χ0) is 13.4. The number of hydrogen-bond acceptors (Lipinski definition) is 2. The third kappa shape index (κ3) is 1.92. The number of halogens is 1. The molecule has 2 aromatic rings. The number of benzene rings is 1. The first-order valence-corrected chi connectivity index (χ1v) is 6.64. The zero-order valence-electron chi connectivity index (χ0n) is 10.7. The minimum Gasteiger partial charge on any atom is -0.295 e. The summed E-state index contributed by atoms with van der Waals surface area (Å²) in [7, 11) is 3.44. The molecule has 18 heavy (non-hydrogen) atoms. The summed E-state index contributed by atoms with van der Waals surface area (Å²) in [5, 5.41) is 0. The second kappa shape index (κ2) is 4.72. The van der Waals surface area contributed by atoms with Crippen LogP contribution in [0.25, 0.3) is 11.0 Å². The van der Waals surface area contributed by atoms with Crippen LogP contribution in [0.5, 0.6) is 0 Å². The number of carbonyl (C=O) groups excluding carboxylic acids is 1. The fraction of sp³-hybridized carbons (Fsp3) is 0.385. The number of aromatic nitrogens is 2. The van der Waals surface area contributed by atoms with Crippen molar-refractivity contribution in [2.45, 2.75) is 19.8 Å². The van der Waals surface area contributed by atoms with Crippen LogP contribution in [-0.2, 0) is 14.1 Å². The number of aryl methyl sites for hydroxylation is 2. The van der Waals surface area contributed by atoms with Gasteiger partial charge in [-0.3, -0.25) is 13.9 Å². The Bertz CT molecular complexity index is 682. The molecule has 1 aromatic carbocycles. The predicted octanol–water partition coefficient (Wildman–Crippen LogP) is 2.62. The highest BCUT2D eigenvalue weighted by Gasteiger charge is 2.15. The summed E-state index contributed by atoms with van der Waals surface area (Å²) >= 11 is 3.41. The maximum absolute atomic E-state index is 12.0. The van der Waals surface area contributed by atoms with Crippen molar-refractivity contribution in [3.05, 3.63) is 32.7 Å². The van der Waals surface area contributed by atoms with E-state index in [1.165, 1.54) is 0 Å². The van der Waals surface area contributed by atoms with Gasteiger partial charge in [-0.1, -0.05) is 6.92 Å². The molecule has 0 aliphatic rings. The van der Waals surface area contributed by atoms with E-state index in [9.17, 15) is 9.59 Å². The lowest BCUT2D eigenvalue weighted by Crippen LogP contribution is -2.19. The molecule has 0 unspecified atom stereocenters. The summed E-state index contributed by atoms with van der Waals surface area (Å²) < 4.78 is 3.88. The molecule has 0 radical (unpaired) electrons. The Balaban J connectivity index is 2.73. The van der Waals surface area contributed by atoms with Gasteiger partial charge in [-0.05, 0) is 34.5 Å². The van der Waals surface area contributed by atoms with Crippen LogP contribution in [0.2, 0.25) is 0 Å². The van der Waals surface area contributed by atoms with Gasteiger partial charge in [0.1, 0.15) is 0 Å². The second-order valence-electron chi connectivity index (χ2n) is 4.39. The highest BCUT2D eigenvalue weighted by molar-refractivity contribution is 9.10. The molecule has 0 saturated carbocycles. The Labute approximate surface area is 113 Å². The van der Waals surface area contributed by atoms with Gasteiger partial charge in [0.15, 0.2) is 5.78 Å². The third-order valence-electron chi connectivity index (χ3n) is 3.14. The zero-order valence-corrected chi connectivity index (χ0v) is 12.2. The van der Waals surface area contributed by atoms with Crippen molar-refractivity contribution in [1.82, 2.24) is 9.13 Å². The maximum atomic E-state index is 12.0. The SMILES string of the molecule is CCCC(=O)c1cc2c(cc1Br)n(C)c(=O)n2C. The molecular weight excluding hydrogens is 296 g/mol. The number of ketones is 1. The van der Waals surface area contributed by atoms with Gasteiger partial charge in [0, 0.05) is 30.6 Å². The molecule has 5 heteroatoms. The van der Waals surface area contributed by atoms with E-state index in [1.807, 2.05) is 13.0 Å². The number of Topliss-reactive ketones (excluding diaryl/α,β-unsaturated/α-hetero) is 1. The van der Waals surface area contributed by atoms with E-state index in [1.54, 1.807) is 29.3 Å². The molecule has 1 aromatic heterocycles. The lowest BCUT2D eigenvalue weighted by Gasteiger charge is -2.04. The lowest BCUT2D eigenvalue weighted by atomic mass is 10.1. The van der Waals surface area contributed by atoms with Crippen LogP contribution in [0.4, 0.5) is 0 Å². The highest BCUT2D eigenvalue weighted by Crippen LogP contribution is 2.25. The minimum absolute atomic E-state index is 0.0861. The summed E-state index contributed by atoms with van der Waals surface area (Å²) in [6.07, 6.45) is 1.34. The predicted molar refractivity (Wildman–Crippen MR) is 75.1 cm³/mol. The third-order valence-corrected chi connectivity index (χ3v) is 3.79. The second-order valence-corrected chi connectivity index (χ2v) is 5.25. The standard InChI is InChI=1S/C13H15BrN2O2/c1-4-5-12(17)8-6-10-11(7-9(8)14)16(3)13(18)15(10)2/h6-7H,4-5H2,1-3H3. The summed E-state index contributed by atoms with van der Waals surface area (Å²) in [6, 6.07) is 3.62. The number of fused-ring (bicyclic) bond motifs is 1. The van der Waals surface area contributed by atoms with Gasteiger partial charge in [-0.15, -0.1) is 0 Å². The number of nitrogens with zero attached hydrogens (tertiary/aromatic N) is 2. The van der Waals surface area contributed by atoms with Crippen LogP contribution in [0, 0.1) is 0 Å². The van der Waals surface area contributed by atoms with Gasteiger partial charge in [-0.25, -0.2) is 4.79 Å². The highest BCUT2D eigenvalue weighted by atomic mass is 79.9. The minimum atomic E-state index is -0.0861. The van der Waals surface area contributed by atoms with Gasteiger partial charge < -0.3 is 0 Å². The van der Waals surface area contributed by atoms with Gasteiger partial charge in [0.05, 0.1) is 11.0 Å². The first-order chi connectivity index (χ1) is 8.47. The van der Waals surface area contributed by atoms with E-state index in [0.717, 1.165) is 21.9 Å². The molecule has 0 fully saturated rings. The largest absolute Gasteiger partial charge is 0.328 e. The number of hydrogen-bond donors (Lipinski definition) is 0. The molecule has 0 bridgehead atoms.